The number of carbonyl (C=O) groups excluding carboxylic acids is 1. The van der Waals surface area contributed by atoms with E-state index in [0.717, 1.165) is 24.2 Å². The Balaban J connectivity index is 1.63. The number of aliphatic hydroxyl groups excluding tert-OH is 1. The Kier molecular flexibility index (Phi) is 5.24. The van der Waals surface area contributed by atoms with Gasteiger partial charge in [-0.25, -0.2) is 0 Å². The van der Waals surface area contributed by atoms with Crippen molar-refractivity contribution in [3.63, 3.8) is 0 Å². The van der Waals surface area contributed by atoms with Gasteiger partial charge in [0.25, 0.3) is 0 Å². The lowest BCUT2D eigenvalue weighted by molar-refractivity contribution is -0.123. The first-order valence-corrected chi connectivity index (χ1v) is 8.62. The van der Waals surface area contributed by atoms with Gasteiger partial charge in [0.2, 0.25) is 5.91 Å². The number of rotatable bonds is 6. The molecule has 2 atom stereocenters. The summed E-state index contributed by atoms with van der Waals surface area (Å²) in [5.41, 5.74) is 3.34. The highest BCUT2D eigenvalue weighted by molar-refractivity contribution is 5.86. The van der Waals surface area contributed by atoms with Crippen molar-refractivity contribution in [3.05, 3.63) is 59.7 Å². The molecule has 132 valence electrons. The van der Waals surface area contributed by atoms with Crippen LogP contribution < -0.4 is 10.2 Å². The van der Waals surface area contributed by atoms with E-state index in [2.05, 4.69) is 16.3 Å². The number of aliphatic hydroxyl groups is 1. The highest BCUT2D eigenvalue weighted by Gasteiger charge is 2.28. The summed E-state index contributed by atoms with van der Waals surface area (Å²) in [4.78, 5) is 14.8. The van der Waals surface area contributed by atoms with Crippen LogP contribution >= 0.6 is 0 Å². The number of hydrogen-bond acceptors (Lipinski definition) is 4. The first-order valence-electron chi connectivity index (χ1n) is 8.62. The van der Waals surface area contributed by atoms with Gasteiger partial charge in [0, 0.05) is 12.2 Å². The molecule has 0 saturated carbocycles. The number of nitrogens with zero attached hydrogens (tertiary/aromatic N) is 1. The van der Waals surface area contributed by atoms with Crippen LogP contribution in [0.2, 0.25) is 0 Å². The molecule has 2 aromatic rings. The lowest BCUT2D eigenvalue weighted by Crippen LogP contribution is -2.49. The molecule has 0 unspecified atom stereocenters. The van der Waals surface area contributed by atoms with E-state index in [1.54, 1.807) is 24.3 Å². The Morgan fingerprint density at radius 2 is 1.92 bits per heavy atom. The molecule has 0 fully saturated rings. The maximum Gasteiger partial charge on any atom is 0.242 e. The number of fused-ring (bicyclic) bond motifs is 1. The van der Waals surface area contributed by atoms with Gasteiger partial charge in [0.15, 0.2) is 0 Å². The maximum atomic E-state index is 12.6. The first kappa shape index (κ1) is 17.3. The molecule has 1 aliphatic rings. The van der Waals surface area contributed by atoms with Gasteiger partial charge in [0.1, 0.15) is 11.8 Å². The predicted molar refractivity (Wildman–Crippen MR) is 97.8 cm³/mol. The molecular formula is C20H24N2O3. The molecule has 3 rings (SSSR count). The summed E-state index contributed by atoms with van der Waals surface area (Å²) in [7, 11) is 0. The molecule has 0 radical (unpaired) electrons. The highest BCUT2D eigenvalue weighted by Crippen LogP contribution is 2.29. The van der Waals surface area contributed by atoms with Crippen molar-refractivity contribution in [2.45, 2.75) is 31.8 Å². The molecule has 0 spiro atoms. The van der Waals surface area contributed by atoms with E-state index in [0.29, 0.717) is 6.42 Å². The number of aromatic hydroxyl groups is 1. The number of anilines is 1. The molecule has 1 amide bonds. The fourth-order valence-corrected chi connectivity index (χ4v) is 3.31. The lowest BCUT2D eigenvalue weighted by atomic mass is 10.1. The Morgan fingerprint density at radius 3 is 2.64 bits per heavy atom. The van der Waals surface area contributed by atoms with Crippen molar-refractivity contribution in [1.82, 2.24) is 5.32 Å². The number of carbonyl (C=O) groups is 1. The second-order valence-corrected chi connectivity index (χ2v) is 6.51. The second-order valence-electron chi connectivity index (χ2n) is 6.51. The van der Waals surface area contributed by atoms with Crippen molar-refractivity contribution < 1.29 is 15.0 Å². The van der Waals surface area contributed by atoms with Crippen molar-refractivity contribution in [3.8, 4) is 5.75 Å². The minimum absolute atomic E-state index is 0.0884. The summed E-state index contributed by atoms with van der Waals surface area (Å²) in [5, 5.41) is 21.9. The third-order valence-corrected chi connectivity index (χ3v) is 4.76. The van der Waals surface area contributed by atoms with Gasteiger partial charge in [0.05, 0.1) is 12.6 Å². The van der Waals surface area contributed by atoms with Crippen LogP contribution in [0.1, 0.15) is 18.1 Å². The van der Waals surface area contributed by atoms with Crippen molar-refractivity contribution in [2.75, 3.05) is 18.1 Å². The summed E-state index contributed by atoms with van der Waals surface area (Å²) >= 11 is 0. The number of hydrogen-bond donors (Lipinski definition) is 3. The molecule has 3 N–H and O–H groups in total. The molecular weight excluding hydrogens is 316 g/mol. The Morgan fingerprint density at radius 1 is 1.20 bits per heavy atom. The summed E-state index contributed by atoms with van der Waals surface area (Å²) in [6.45, 7) is 2.60. The van der Waals surface area contributed by atoms with Gasteiger partial charge in [-0.2, -0.15) is 0 Å². The number of benzene rings is 2. The first-order chi connectivity index (χ1) is 12.1. The quantitative estimate of drug-likeness (QED) is 0.751. The SMILES string of the molecule is C[C@H](C(=O)N[C@H](CO)Cc1ccc(O)cc1)N1CCc2ccccc21. The van der Waals surface area contributed by atoms with Crippen LogP contribution in [-0.2, 0) is 17.6 Å². The van der Waals surface area contributed by atoms with Gasteiger partial charge < -0.3 is 20.4 Å². The van der Waals surface area contributed by atoms with Crippen LogP contribution in [-0.4, -0.2) is 41.4 Å². The average Bonchev–Trinajstić information content (AvgIpc) is 3.06. The summed E-state index contributed by atoms with van der Waals surface area (Å²) in [5.74, 6) is 0.115. The van der Waals surface area contributed by atoms with E-state index in [-0.39, 0.29) is 30.3 Å². The van der Waals surface area contributed by atoms with E-state index in [4.69, 9.17) is 0 Å². The van der Waals surface area contributed by atoms with Crippen LogP contribution in [0.15, 0.2) is 48.5 Å². The summed E-state index contributed by atoms with van der Waals surface area (Å²) in [6, 6.07) is 14.3. The van der Waals surface area contributed by atoms with Crippen molar-refractivity contribution in [2.24, 2.45) is 0 Å². The number of phenols is 1. The Bertz CT molecular complexity index is 730. The smallest absolute Gasteiger partial charge is 0.242 e. The monoisotopic (exact) mass is 340 g/mol. The molecule has 2 aromatic carbocycles. The summed E-state index contributed by atoms with van der Waals surface area (Å²) < 4.78 is 0. The van der Waals surface area contributed by atoms with E-state index in [1.807, 2.05) is 25.1 Å². The van der Waals surface area contributed by atoms with Gasteiger partial charge in [-0.15, -0.1) is 0 Å². The zero-order valence-electron chi connectivity index (χ0n) is 14.4. The zero-order valence-corrected chi connectivity index (χ0v) is 14.4. The molecule has 25 heavy (non-hydrogen) atoms. The summed E-state index contributed by atoms with van der Waals surface area (Å²) in [6.07, 6.45) is 1.47. The van der Waals surface area contributed by atoms with E-state index >= 15 is 0 Å². The normalized spacial score (nSPS) is 15.5. The largest absolute Gasteiger partial charge is 0.508 e. The maximum absolute atomic E-state index is 12.6. The van der Waals surface area contributed by atoms with Gasteiger partial charge in [-0.05, 0) is 49.1 Å². The molecule has 5 heteroatoms. The van der Waals surface area contributed by atoms with E-state index in [1.165, 1.54) is 5.56 Å². The fraction of sp³-hybridized carbons (Fsp3) is 0.350. The highest BCUT2D eigenvalue weighted by atomic mass is 16.3. The molecule has 0 saturated heterocycles. The van der Waals surface area contributed by atoms with Crippen LogP contribution in [0.4, 0.5) is 5.69 Å². The molecule has 0 bridgehead atoms. The minimum atomic E-state index is -0.350. The third-order valence-electron chi connectivity index (χ3n) is 4.76. The topological polar surface area (TPSA) is 72.8 Å². The van der Waals surface area contributed by atoms with Crippen LogP contribution in [0, 0.1) is 0 Å². The lowest BCUT2D eigenvalue weighted by Gasteiger charge is -2.28. The Labute approximate surface area is 147 Å². The average molecular weight is 340 g/mol. The standard InChI is InChI=1S/C20H24N2O3/c1-14(22-11-10-16-4-2-3-5-19(16)22)20(25)21-17(13-23)12-15-6-8-18(24)9-7-15/h2-9,14,17,23-24H,10-13H2,1H3,(H,21,25)/t14-,17+/m1/s1. The van der Waals surface area contributed by atoms with Gasteiger partial charge in [-0.1, -0.05) is 30.3 Å². The van der Waals surface area contributed by atoms with E-state index < -0.39 is 0 Å². The third kappa shape index (κ3) is 3.94. The molecule has 1 aliphatic heterocycles. The number of amides is 1. The van der Waals surface area contributed by atoms with Crippen LogP contribution in [0.5, 0.6) is 5.75 Å². The minimum Gasteiger partial charge on any atom is -0.508 e. The van der Waals surface area contributed by atoms with Crippen LogP contribution in [0.25, 0.3) is 0 Å². The van der Waals surface area contributed by atoms with Gasteiger partial charge in [-0.3, -0.25) is 4.79 Å². The number of nitrogens with one attached hydrogen (secondary N) is 1. The molecule has 5 nitrogen and oxygen atoms in total. The van der Waals surface area contributed by atoms with Crippen molar-refractivity contribution >= 4 is 11.6 Å². The van der Waals surface area contributed by atoms with Crippen molar-refractivity contribution in [1.29, 1.82) is 0 Å². The fourth-order valence-electron chi connectivity index (χ4n) is 3.31. The molecule has 0 aliphatic carbocycles. The predicted octanol–water partition coefficient (Wildman–Crippen LogP) is 1.86. The zero-order chi connectivity index (χ0) is 17.8. The number of para-hydroxylation sites is 1. The molecule has 1 heterocycles. The van der Waals surface area contributed by atoms with Gasteiger partial charge >= 0.3 is 0 Å². The number of phenolic OH excluding ortho intramolecular Hbond substituents is 1. The van der Waals surface area contributed by atoms with Crippen LogP contribution in [0.3, 0.4) is 0 Å². The second kappa shape index (κ2) is 7.57. The molecule has 0 aromatic heterocycles. The van der Waals surface area contributed by atoms with E-state index in [9.17, 15) is 15.0 Å². The Hall–Kier alpha value is -2.53.